The van der Waals surface area contributed by atoms with E-state index in [2.05, 4.69) is 15.2 Å². The lowest BCUT2D eigenvalue weighted by Gasteiger charge is -2.44. The van der Waals surface area contributed by atoms with Crippen LogP contribution in [0.15, 0.2) is 36.5 Å². The zero-order valence-corrected chi connectivity index (χ0v) is 12.0. The molecular weight excluding hydrogens is 262 g/mol. The Hall–Kier alpha value is -1.94. The number of piperidine rings is 3. The second kappa shape index (κ2) is 5.11. The minimum Gasteiger partial charge on any atom is -0.348 e. The Kier molecular flexibility index (Phi) is 3.11. The summed E-state index contributed by atoms with van der Waals surface area (Å²) in [7, 11) is 0. The van der Waals surface area contributed by atoms with Gasteiger partial charge in [0.2, 0.25) is 0 Å². The molecule has 3 aliphatic heterocycles. The van der Waals surface area contributed by atoms with E-state index in [1.807, 2.05) is 30.3 Å². The van der Waals surface area contributed by atoms with E-state index in [1.165, 1.54) is 25.9 Å². The lowest BCUT2D eigenvalue weighted by atomic mass is 9.84. The third-order valence-corrected chi connectivity index (χ3v) is 4.84. The summed E-state index contributed by atoms with van der Waals surface area (Å²) in [5.41, 5.74) is 1.58. The largest absolute Gasteiger partial charge is 0.348 e. The van der Waals surface area contributed by atoms with Crippen molar-refractivity contribution >= 4 is 16.8 Å². The van der Waals surface area contributed by atoms with Crippen molar-refractivity contribution in [1.82, 2.24) is 15.2 Å². The topological polar surface area (TPSA) is 45.2 Å². The quantitative estimate of drug-likeness (QED) is 0.916. The monoisotopic (exact) mass is 281 g/mol. The molecule has 4 heteroatoms. The first-order chi connectivity index (χ1) is 10.3. The highest BCUT2D eigenvalue weighted by molar-refractivity contribution is 5.97. The van der Waals surface area contributed by atoms with Crippen LogP contribution in [-0.4, -0.2) is 41.5 Å². The molecule has 1 unspecified atom stereocenters. The smallest absolute Gasteiger partial charge is 0.251 e. The van der Waals surface area contributed by atoms with Gasteiger partial charge in [-0.1, -0.05) is 12.1 Å². The van der Waals surface area contributed by atoms with Gasteiger partial charge < -0.3 is 10.2 Å². The number of nitrogens with zero attached hydrogens (tertiary/aromatic N) is 2. The standard InChI is InChI=1S/C17H19N3O/c21-17(19-16-11-20-8-5-13(16)6-9-20)14-4-3-12-2-1-7-18-15(12)10-14/h1-4,7,10,13,16H,5-6,8-9,11H2,(H,19,21). The molecule has 1 atom stereocenters. The van der Waals surface area contributed by atoms with Crippen molar-refractivity contribution in [2.45, 2.75) is 18.9 Å². The average Bonchev–Trinajstić information content (AvgIpc) is 2.55. The number of carbonyl (C=O) groups excluding carboxylic acids is 1. The Morgan fingerprint density at radius 3 is 2.86 bits per heavy atom. The Morgan fingerprint density at radius 1 is 1.24 bits per heavy atom. The van der Waals surface area contributed by atoms with Gasteiger partial charge in [0.05, 0.1) is 5.52 Å². The van der Waals surface area contributed by atoms with Gasteiger partial charge in [0.1, 0.15) is 0 Å². The molecule has 1 amide bonds. The molecule has 3 aliphatic rings. The minimum absolute atomic E-state index is 0.0290. The van der Waals surface area contributed by atoms with Gasteiger partial charge in [0.15, 0.2) is 0 Å². The summed E-state index contributed by atoms with van der Waals surface area (Å²) in [6.45, 7) is 3.39. The molecule has 1 N–H and O–H groups in total. The number of amides is 1. The molecule has 21 heavy (non-hydrogen) atoms. The maximum atomic E-state index is 12.5. The van der Waals surface area contributed by atoms with Gasteiger partial charge >= 0.3 is 0 Å². The molecule has 3 saturated heterocycles. The van der Waals surface area contributed by atoms with Gasteiger partial charge in [-0.3, -0.25) is 9.78 Å². The number of carbonyl (C=O) groups is 1. The molecule has 2 bridgehead atoms. The molecule has 0 aliphatic carbocycles. The summed E-state index contributed by atoms with van der Waals surface area (Å²) in [6.07, 6.45) is 4.19. The van der Waals surface area contributed by atoms with Crippen molar-refractivity contribution in [1.29, 1.82) is 0 Å². The first kappa shape index (κ1) is 12.8. The van der Waals surface area contributed by atoms with Crippen molar-refractivity contribution in [3.05, 3.63) is 42.1 Å². The summed E-state index contributed by atoms with van der Waals surface area (Å²) in [5.74, 6) is 0.679. The molecule has 1 aromatic carbocycles. The maximum Gasteiger partial charge on any atom is 0.251 e. The zero-order valence-electron chi connectivity index (χ0n) is 12.0. The molecule has 4 nitrogen and oxygen atoms in total. The fourth-order valence-corrected chi connectivity index (χ4v) is 3.59. The summed E-state index contributed by atoms with van der Waals surface area (Å²) >= 11 is 0. The maximum absolute atomic E-state index is 12.5. The number of benzene rings is 1. The molecule has 0 saturated carbocycles. The second-order valence-electron chi connectivity index (χ2n) is 6.13. The van der Waals surface area contributed by atoms with Crippen LogP contribution in [0.25, 0.3) is 10.9 Å². The van der Waals surface area contributed by atoms with Crippen LogP contribution in [0.5, 0.6) is 0 Å². The van der Waals surface area contributed by atoms with Crippen LogP contribution in [0.2, 0.25) is 0 Å². The Balaban J connectivity index is 1.53. The highest BCUT2D eigenvalue weighted by Crippen LogP contribution is 2.27. The van der Waals surface area contributed by atoms with Gasteiger partial charge in [-0.15, -0.1) is 0 Å². The molecule has 5 rings (SSSR count). The average molecular weight is 281 g/mol. The van der Waals surface area contributed by atoms with Crippen LogP contribution in [-0.2, 0) is 0 Å². The third kappa shape index (κ3) is 2.40. The number of rotatable bonds is 2. The highest BCUT2D eigenvalue weighted by atomic mass is 16.1. The molecule has 1 aromatic heterocycles. The van der Waals surface area contributed by atoms with E-state index in [0.29, 0.717) is 17.5 Å². The van der Waals surface area contributed by atoms with E-state index >= 15 is 0 Å². The number of nitrogens with one attached hydrogen (secondary N) is 1. The van der Waals surface area contributed by atoms with Crippen molar-refractivity contribution in [2.75, 3.05) is 19.6 Å². The normalized spacial score (nSPS) is 27.7. The summed E-state index contributed by atoms with van der Waals surface area (Å²) in [5, 5.41) is 4.29. The highest BCUT2D eigenvalue weighted by Gasteiger charge is 2.34. The van der Waals surface area contributed by atoms with Gasteiger partial charge in [-0.2, -0.15) is 0 Å². The van der Waals surface area contributed by atoms with Crippen LogP contribution in [0.1, 0.15) is 23.2 Å². The second-order valence-corrected chi connectivity index (χ2v) is 6.13. The molecule has 3 fully saturated rings. The lowest BCUT2D eigenvalue weighted by molar-refractivity contribution is 0.0620. The first-order valence-electron chi connectivity index (χ1n) is 7.67. The van der Waals surface area contributed by atoms with Crippen molar-refractivity contribution in [2.24, 2.45) is 5.92 Å². The van der Waals surface area contributed by atoms with Gasteiger partial charge in [-0.25, -0.2) is 0 Å². The predicted molar refractivity (Wildman–Crippen MR) is 82.2 cm³/mol. The molecule has 0 spiro atoms. The summed E-state index contributed by atoms with van der Waals surface area (Å²) in [4.78, 5) is 19.2. The SMILES string of the molecule is O=C(NC1CN2CCC1CC2)c1ccc2cccnc2c1. The summed E-state index contributed by atoms with van der Waals surface area (Å²) < 4.78 is 0. The number of aromatic nitrogens is 1. The molecule has 4 heterocycles. The van der Waals surface area contributed by atoms with Crippen LogP contribution in [0, 0.1) is 5.92 Å². The first-order valence-corrected chi connectivity index (χ1v) is 7.67. The number of pyridine rings is 1. The van der Waals surface area contributed by atoms with Crippen molar-refractivity contribution in [3.8, 4) is 0 Å². The Labute approximate surface area is 124 Å². The third-order valence-electron chi connectivity index (χ3n) is 4.84. The van der Waals surface area contributed by atoms with E-state index in [9.17, 15) is 4.79 Å². The number of hydrogen-bond donors (Lipinski definition) is 1. The van der Waals surface area contributed by atoms with Crippen molar-refractivity contribution in [3.63, 3.8) is 0 Å². The van der Waals surface area contributed by atoms with Crippen LogP contribution < -0.4 is 5.32 Å². The Morgan fingerprint density at radius 2 is 2.10 bits per heavy atom. The van der Waals surface area contributed by atoms with Crippen LogP contribution in [0.4, 0.5) is 0 Å². The predicted octanol–water partition coefficient (Wildman–Crippen LogP) is 2.06. The number of fused-ring (bicyclic) bond motifs is 4. The fourth-order valence-electron chi connectivity index (χ4n) is 3.59. The lowest BCUT2D eigenvalue weighted by Crippen LogP contribution is -2.57. The fraction of sp³-hybridized carbons (Fsp3) is 0.412. The van der Waals surface area contributed by atoms with Crippen LogP contribution in [0.3, 0.4) is 0 Å². The number of hydrogen-bond acceptors (Lipinski definition) is 3. The Bertz CT molecular complexity index is 677. The van der Waals surface area contributed by atoms with E-state index in [0.717, 1.165) is 17.4 Å². The summed E-state index contributed by atoms with van der Waals surface area (Å²) in [6, 6.07) is 9.96. The minimum atomic E-state index is 0.0290. The zero-order chi connectivity index (χ0) is 14.2. The molecule has 2 aromatic rings. The van der Waals surface area contributed by atoms with E-state index in [4.69, 9.17) is 0 Å². The van der Waals surface area contributed by atoms with E-state index in [-0.39, 0.29) is 5.91 Å². The van der Waals surface area contributed by atoms with Gasteiger partial charge in [-0.05, 0) is 50.0 Å². The van der Waals surface area contributed by atoms with Crippen LogP contribution >= 0.6 is 0 Å². The molecule has 0 radical (unpaired) electrons. The van der Waals surface area contributed by atoms with Gasteiger partial charge in [0.25, 0.3) is 5.91 Å². The van der Waals surface area contributed by atoms with Crippen molar-refractivity contribution < 1.29 is 4.79 Å². The molecular formula is C17H19N3O. The molecule has 108 valence electrons. The van der Waals surface area contributed by atoms with Gasteiger partial charge in [0, 0.05) is 29.7 Å². The van der Waals surface area contributed by atoms with E-state index < -0.39 is 0 Å². The van der Waals surface area contributed by atoms with E-state index in [1.54, 1.807) is 6.20 Å².